The van der Waals surface area contributed by atoms with Gasteiger partial charge in [-0.3, -0.25) is 0 Å². The van der Waals surface area contributed by atoms with E-state index in [9.17, 15) is 4.21 Å². The van der Waals surface area contributed by atoms with Crippen molar-refractivity contribution in [1.29, 1.82) is 0 Å². The molecule has 74 valence electrons. The van der Waals surface area contributed by atoms with Crippen LogP contribution in [0.15, 0.2) is 0 Å². The van der Waals surface area contributed by atoms with Crippen LogP contribution >= 0.6 is 0 Å². The summed E-state index contributed by atoms with van der Waals surface area (Å²) in [5, 5.41) is 0. The molecule has 1 fully saturated rings. The fourth-order valence-electron chi connectivity index (χ4n) is 1.45. The molecule has 1 rings (SSSR count). The number of hydrogen-bond donors (Lipinski definition) is 0. The number of hydrogen-bond acceptors (Lipinski definition) is 2. The van der Waals surface area contributed by atoms with Gasteiger partial charge in [0.05, 0.1) is 22.9 Å². The Bertz CT molecular complexity index is 307. The van der Waals surface area contributed by atoms with Crippen molar-refractivity contribution < 1.29 is 12.9 Å². The summed E-state index contributed by atoms with van der Waals surface area (Å²) in [4.78, 5) is 0. The molecule has 0 saturated carbocycles. The minimum Gasteiger partial charge on any atom is -0.243 e. The van der Waals surface area contributed by atoms with Gasteiger partial charge in [0, 0.05) is 19.1 Å². The van der Waals surface area contributed by atoms with Crippen molar-refractivity contribution in [3.8, 4) is 12.5 Å². The van der Waals surface area contributed by atoms with Gasteiger partial charge < -0.3 is 0 Å². The molecule has 13 heavy (non-hydrogen) atoms. The molecule has 1 heterocycles. The predicted octanol–water partition coefficient (Wildman–Crippen LogP) is 0.423. The van der Waals surface area contributed by atoms with E-state index in [1.807, 2.05) is 0 Å². The Labute approximate surface area is 80.5 Å². The van der Waals surface area contributed by atoms with Crippen molar-refractivity contribution in [2.45, 2.75) is 12.8 Å². The molecule has 1 unspecified atom stereocenters. The summed E-state index contributed by atoms with van der Waals surface area (Å²) >= 11 is 0. The van der Waals surface area contributed by atoms with Crippen LogP contribution in [0.2, 0.25) is 0 Å². The minimum atomic E-state index is -2.37. The van der Waals surface area contributed by atoms with Gasteiger partial charge in [-0.05, 0) is 5.87 Å². The SMILES string of the molecule is C#C[N+]1(COS(=C)(C)=O)CCCC1. The normalized spacial score (nSPS) is 24.9. The highest BCUT2D eigenvalue weighted by Crippen LogP contribution is 2.18. The number of quaternary nitrogens is 1. The molecule has 0 bridgehead atoms. The van der Waals surface area contributed by atoms with E-state index in [0.29, 0.717) is 11.2 Å². The van der Waals surface area contributed by atoms with E-state index in [0.717, 1.165) is 25.9 Å². The smallest absolute Gasteiger partial charge is 0.209 e. The zero-order valence-corrected chi connectivity index (χ0v) is 8.81. The molecule has 0 aromatic heterocycles. The average molecular weight is 202 g/mol. The largest absolute Gasteiger partial charge is 0.243 e. The van der Waals surface area contributed by atoms with Gasteiger partial charge in [-0.2, -0.15) is 0 Å². The molecule has 0 N–H and O–H groups in total. The number of nitrogens with zero attached hydrogens (tertiary/aromatic N) is 1. The molecule has 1 aliphatic heterocycles. The maximum absolute atomic E-state index is 11.2. The third-order valence-electron chi connectivity index (χ3n) is 2.25. The molecule has 4 heteroatoms. The molecule has 0 amide bonds. The highest BCUT2D eigenvalue weighted by Gasteiger charge is 2.31. The van der Waals surface area contributed by atoms with Crippen LogP contribution in [0.3, 0.4) is 0 Å². The first kappa shape index (κ1) is 10.6. The Morgan fingerprint density at radius 2 is 2.15 bits per heavy atom. The molecule has 0 aromatic carbocycles. The third kappa shape index (κ3) is 3.03. The molecule has 3 nitrogen and oxygen atoms in total. The molecule has 0 radical (unpaired) electrons. The summed E-state index contributed by atoms with van der Waals surface area (Å²) < 4.78 is 16.8. The second-order valence-corrected chi connectivity index (χ2v) is 5.69. The lowest BCUT2D eigenvalue weighted by atomic mass is 10.4. The quantitative estimate of drug-likeness (QED) is 0.377. The van der Waals surface area contributed by atoms with Gasteiger partial charge in [0.25, 0.3) is 0 Å². The van der Waals surface area contributed by atoms with Crippen molar-refractivity contribution in [2.75, 3.05) is 26.1 Å². The Balaban J connectivity index is 2.56. The monoisotopic (exact) mass is 202 g/mol. The van der Waals surface area contributed by atoms with Crippen molar-refractivity contribution in [3.63, 3.8) is 0 Å². The van der Waals surface area contributed by atoms with Gasteiger partial charge in [0.15, 0.2) is 0 Å². The summed E-state index contributed by atoms with van der Waals surface area (Å²) in [6.45, 7) is 2.17. The topological polar surface area (TPSA) is 26.3 Å². The zero-order chi connectivity index (χ0) is 9.95. The lowest BCUT2D eigenvalue weighted by molar-refractivity contribution is -0.867. The molecule has 0 aliphatic carbocycles. The van der Waals surface area contributed by atoms with Crippen molar-refractivity contribution in [1.82, 2.24) is 0 Å². The fraction of sp³-hybridized carbons (Fsp3) is 0.667. The summed E-state index contributed by atoms with van der Waals surface area (Å²) in [5.74, 6) is 3.42. The minimum absolute atomic E-state index is 0.329. The van der Waals surface area contributed by atoms with Crippen molar-refractivity contribution in [3.05, 3.63) is 0 Å². The molecular formula is C9H16NO2S+. The molecule has 1 saturated heterocycles. The average Bonchev–Trinajstić information content (AvgIpc) is 2.49. The van der Waals surface area contributed by atoms with Gasteiger partial charge in [-0.25, -0.2) is 12.9 Å². The number of rotatable bonds is 3. The van der Waals surface area contributed by atoms with E-state index in [1.54, 1.807) is 0 Å². The van der Waals surface area contributed by atoms with E-state index in [2.05, 4.69) is 11.9 Å². The van der Waals surface area contributed by atoms with Crippen LogP contribution in [0.25, 0.3) is 0 Å². The lowest BCUT2D eigenvalue weighted by Crippen LogP contribution is -2.42. The van der Waals surface area contributed by atoms with Crippen molar-refractivity contribution in [2.24, 2.45) is 0 Å². The Morgan fingerprint density at radius 1 is 1.62 bits per heavy atom. The molecule has 1 atom stereocenters. The first-order chi connectivity index (χ1) is 5.97. The lowest BCUT2D eigenvalue weighted by Gasteiger charge is -2.25. The fourth-order valence-corrected chi connectivity index (χ4v) is 1.87. The number of likely N-dealkylation sites (tertiary alicyclic amines) is 1. The Kier molecular flexibility index (Phi) is 3.01. The molecule has 0 spiro atoms. The highest BCUT2D eigenvalue weighted by atomic mass is 32.2. The van der Waals surface area contributed by atoms with E-state index in [1.165, 1.54) is 6.26 Å². The second kappa shape index (κ2) is 3.70. The standard InChI is InChI=1S/C9H16NO2S/c1-4-10(7-5-6-8-10)9-12-13(2,3)11/h1H,2,5-9H2,3H3/q+1. The summed E-state index contributed by atoms with van der Waals surface area (Å²) in [6.07, 6.45) is 9.15. The molecular weight excluding hydrogens is 186 g/mol. The maximum Gasteiger partial charge on any atom is 0.209 e. The van der Waals surface area contributed by atoms with Crippen LogP contribution in [0.1, 0.15) is 12.8 Å². The van der Waals surface area contributed by atoms with Crippen molar-refractivity contribution >= 4 is 15.7 Å². The first-order valence-corrected chi connectivity index (χ1v) is 6.34. The van der Waals surface area contributed by atoms with Gasteiger partial charge >= 0.3 is 0 Å². The third-order valence-corrected chi connectivity index (χ3v) is 2.85. The second-order valence-electron chi connectivity index (χ2n) is 3.60. The van der Waals surface area contributed by atoms with Crippen LogP contribution in [0.4, 0.5) is 0 Å². The summed E-state index contributed by atoms with van der Waals surface area (Å²) in [5.41, 5.74) is 0. The van der Waals surface area contributed by atoms with Crippen LogP contribution < -0.4 is 0 Å². The zero-order valence-electron chi connectivity index (χ0n) is 7.99. The molecule has 0 aromatic rings. The highest BCUT2D eigenvalue weighted by molar-refractivity contribution is 7.95. The van der Waals surface area contributed by atoms with Crippen LogP contribution in [-0.4, -0.2) is 40.6 Å². The van der Waals surface area contributed by atoms with Gasteiger partial charge in [-0.15, -0.1) is 0 Å². The Hall–Kier alpha value is -0.500. The van der Waals surface area contributed by atoms with Crippen LogP contribution in [0, 0.1) is 12.5 Å². The van der Waals surface area contributed by atoms with Gasteiger partial charge in [0.1, 0.15) is 6.04 Å². The first-order valence-electron chi connectivity index (χ1n) is 4.28. The predicted molar refractivity (Wildman–Crippen MR) is 55.2 cm³/mol. The number of terminal acetylenes is 1. The summed E-state index contributed by atoms with van der Waals surface area (Å²) in [7, 11) is -2.37. The maximum atomic E-state index is 11.2. The summed E-state index contributed by atoms with van der Waals surface area (Å²) in [6, 6.07) is 2.71. The van der Waals surface area contributed by atoms with E-state index in [4.69, 9.17) is 10.6 Å². The molecule has 1 aliphatic rings. The van der Waals surface area contributed by atoms with Gasteiger partial charge in [0.2, 0.25) is 6.73 Å². The van der Waals surface area contributed by atoms with Crippen LogP contribution in [-0.2, 0) is 14.0 Å². The van der Waals surface area contributed by atoms with Gasteiger partial charge in [-0.1, -0.05) is 6.42 Å². The Morgan fingerprint density at radius 3 is 2.54 bits per heavy atom. The van der Waals surface area contributed by atoms with E-state index >= 15 is 0 Å². The van der Waals surface area contributed by atoms with E-state index in [-0.39, 0.29) is 0 Å². The van der Waals surface area contributed by atoms with Crippen LogP contribution in [0.5, 0.6) is 0 Å². The van der Waals surface area contributed by atoms with E-state index < -0.39 is 9.80 Å².